The van der Waals surface area contributed by atoms with E-state index in [1.807, 2.05) is 72.8 Å². The lowest BCUT2D eigenvalue weighted by atomic mass is 10.1. The molecule has 1 aliphatic rings. The van der Waals surface area contributed by atoms with E-state index >= 15 is 0 Å². The quantitative estimate of drug-likeness (QED) is 0.613. The van der Waals surface area contributed by atoms with Crippen LogP contribution in [0.5, 0.6) is 0 Å². The number of nitrogens with zero attached hydrogens (tertiary/aromatic N) is 4. The van der Waals surface area contributed by atoms with Gasteiger partial charge in [0.05, 0.1) is 23.1 Å². The minimum absolute atomic E-state index is 0.141. The Kier molecular flexibility index (Phi) is 4.62. The van der Waals surface area contributed by atoms with Gasteiger partial charge in [-0.25, -0.2) is 0 Å². The number of hydrogen-bond acceptors (Lipinski definition) is 4. The number of azo groups is 2. The van der Waals surface area contributed by atoms with E-state index in [9.17, 15) is 0 Å². The third-order valence-electron chi connectivity index (χ3n) is 3.17. The van der Waals surface area contributed by atoms with Crippen LogP contribution in [0.4, 0.5) is 17.1 Å². The van der Waals surface area contributed by atoms with E-state index in [0.717, 1.165) is 23.5 Å². The van der Waals surface area contributed by atoms with Crippen molar-refractivity contribution in [1.82, 2.24) is 0 Å². The first kappa shape index (κ1) is 14.1. The summed E-state index contributed by atoms with van der Waals surface area (Å²) in [5.41, 5.74) is 2.45. The molecule has 2 aromatic carbocycles. The highest BCUT2D eigenvalue weighted by Gasteiger charge is 2.01. The maximum Gasteiger partial charge on any atom is 0.0930 e. The molecule has 0 aromatic heterocycles. The standard InChI is InChI=1S/C18H16N4/c1-3-7-15(8-4-1)19-21-17-11-13-18(14-12-17)22-20-16-9-5-2-6-10-16/h1-9,11-14,16H,10H2. The summed E-state index contributed by atoms with van der Waals surface area (Å²) in [6.45, 7) is 0. The van der Waals surface area contributed by atoms with Crippen LogP contribution in [0.25, 0.3) is 0 Å². The maximum absolute atomic E-state index is 4.31. The summed E-state index contributed by atoms with van der Waals surface area (Å²) in [4.78, 5) is 0. The van der Waals surface area contributed by atoms with E-state index in [0.29, 0.717) is 0 Å². The third kappa shape index (κ3) is 4.06. The van der Waals surface area contributed by atoms with Crippen molar-refractivity contribution in [2.45, 2.75) is 12.5 Å². The Morgan fingerprint density at radius 2 is 1.32 bits per heavy atom. The van der Waals surface area contributed by atoms with Gasteiger partial charge in [-0.05, 0) is 42.8 Å². The monoisotopic (exact) mass is 288 g/mol. The highest BCUT2D eigenvalue weighted by molar-refractivity contribution is 5.47. The molecule has 0 spiro atoms. The first-order valence-corrected chi connectivity index (χ1v) is 7.21. The molecular weight excluding hydrogens is 272 g/mol. The average molecular weight is 288 g/mol. The van der Waals surface area contributed by atoms with Gasteiger partial charge in [-0.15, -0.1) is 0 Å². The lowest BCUT2D eigenvalue weighted by Gasteiger charge is -2.04. The Morgan fingerprint density at radius 3 is 1.95 bits per heavy atom. The Bertz CT molecular complexity index is 713. The average Bonchev–Trinajstić information content (AvgIpc) is 2.61. The van der Waals surface area contributed by atoms with Gasteiger partial charge in [-0.1, -0.05) is 42.5 Å². The minimum atomic E-state index is 0.141. The second kappa shape index (κ2) is 7.22. The predicted molar refractivity (Wildman–Crippen MR) is 88.3 cm³/mol. The van der Waals surface area contributed by atoms with E-state index < -0.39 is 0 Å². The van der Waals surface area contributed by atoms with Crippen molar-refractivity contribution in [3.8, 4) is 0 Å². The number of rotatable bonds is 4. The van der Waals surface area contributed by atoms with Gasteiger partial charge in [0.2, 0.25) is 0 Å². The van der Waals surface area contributed by atoms with Crippen molar-refractivity contribution < 1.29 is 0 Å². The van der Waals surface area contributed by atoms with Crippen molar-refractivity contribution in [2.24, 2.45) is 20.5 Å². The van der Waals surface area contributed by atoms with Crippen molar-refractivity contribution in [1.29, 1.82) is 0 Å². The molecule has 3 rings (SSSR count). The minimum Gasteiger partial charge on any atom is -0.181 e. The fourth-order valence-corrected chi connectivity index (χ4v) is 1.99. The Hall–Kier alpha value is -2.88. The van der Waals surface area contributed by atoms with Crippen LogP contribution in [0.1, 0.15) is 6.42 Å². The maximum atomic E-state index is 4.31. The molecule has 0 fully saturated rings. The Morgan fingerprint density at radius 1 is 0.682 bits per heavy atom. The Labute approximate surface area is 129 Å². The van der Waals surface area contributed by atoms with Crippen molar-refractivity contribution in [3.05, 3.63) is 78.9 Å². The van der Waals surface area contributed by atoms with Crippen molar-refractivity contribution in [3.63, 3.8) is 0 Å². The van der Waals surface area contributed by atoms with Crippen LogP contribution in [0.2, 0.25) is 0 Å². The topological polar surface area (TPSA) is 49.4 Å². The summed E-state index contributed by atoms with van der Waals surface area (Å²) in [5.74, 6) is 0. The van der Waals surface area contributed by atoms with Gasteiger partial charge < -0.3 is 0 Å². The lowest BCUT2D eigenvalue weighted by Crippen LogP contribution is -1.98. The normalized spacial score (nSPS) is 17.5. The van der Waals surface area contributed by atoms with Gasteiger partial charge in [0.25, 0.3) is 0 Å². The highest BCUT2D eigenvalue weighted by atomic mass is 15.1. The molecule has 0 bridgehead atoms. The molecule has 1 atom stereocenters. The predicted octanol–water partition coefficient (Wildman–Crippen LogP) is 6.07. The second-order valence-corrected chi connectivity index (χ2v) is 4.88. The van der Waals surface area contributed by atoms with Gasteiger partial charge in [-0.2, -0.15) is 20.5 Å². The zero-order valence-electron chi connectivity index (χ0n) is 12.1. The van der Waals surface area contributed by atoms with Gasteiger partial charge in [0.1, 0.15) is 0 Å². The molecule has 1 aliphatic carbocycles. The van der Waals surface area contributed by atoms with E-state index in [1.54, 1.807) is 0 Å². The van der Waals surface area contributed by atoms with E-state index in [1.165, 1.54) is 0 Å². The summed E-state index contributed by atoms with van der Waals surface area (Å²) in [7, 11) is 0. The molecule has 22 heavy (non-hydrogen) atoms. The molecule has 0 saturated carbocycles. The summed E-state index contributed by atoms with van der Waals surface area (Å²) < 4.78 is 0. The fourth-order valence-electron chi connectivity index (χ4n) is 1.99. The first-order chi connectivity index (χ1) is 10.9. The summed E-state index contributed by atoms with van der Waals surface area (Å²) in [6.07, 6.45) is 9.07. The van der Waals surface area contributed by atoms with Crippen LogP contribution in [0.3, 0.4) is 0 Å². The second-order valence-electron chi connectivity index (χ2n) is 4.88. The van der Waals surface area contributed by atoms with Crippen LogP contribution in [-0.4, -0.2) is 6.04 Å². The largest absolute Gasteiger partial charge is 0.181 e. The van der Waals surface area contributed by atoms with E-state index in [2.05, 4.69) is 26.5 Å². The molecule has 0 heterocycles. The zero-order chi connectivity index (χ0) is 15.0. The summed E-state index contributed by atoms with van der Waals surface area (Å²) in [5, 5.41) is 16.9. The highest BCUT2D eigenvalue weighted by Crippen LogP contribution is 2.22. The molecule has 4 nitrogen and oxygen atoms in total. The lowest BCUT2D eigenvalue weighted by molar-refractivity contribution is 0.776. The number of hydrogen-bond donors (Lipinski definition) is 0. The zero-order valence-corrected chi connectivity index (χ0v) is 12.1. The SMILES string of the molecule is C1=CCC(N=Nc2ccc(N=Nc3ccccc3)cc2)C=C1. The van der Waals surface area contributed by atoms with Crippen LogP contribution >= 0.6 is 0 Å². The molecule has 108 valence electrons. The van der Waals surface area contributed by atoms with Crippen molar-refractivity contribution >= 4 is 17.1 Å². The molecule has 2 aromatic rings. The molecule has 1 unspecified atom stereocenters. The molecule has 4 heteroatoms. The molecule has 0 saturated heterocycles. The third-order valence-corrected chi connectivity index (χ3v) is 3.17. The number of benzene rings is 2. The van der Waals surface area contributed by atoms with Gasteiger partial charge >= 0.3 is 0 Å². The van der Waals surface area contributed by atoms with Gasteiger partial charge in [0, 0.05) is 0 Å². The smallest absolute Gasteiger partial charge is 0.0930 e. The Balaban J connectivity index is 1.63. The van der Waals surface area contributed by atoms with Crippen LogP contribution in [0.15, 0.2) is 99.4 Å². The van der Waals surface area contributed by atoms with Gasteiger partial charge in [-0.3, -0.25) is 0 Å². The molecule has 0 aliphatic heterocycles. The fraction of sp³-hybridized carbons (Fsp3) is 0.111. The van der Waals surface area contributed by atoms with Crippen LogP contribution in [0, 0.1) is 0 Å². The summed E-state index contributed by atoms with van der Waals surface area (Å²) in [6, 6.07) is 17.4. The van der Waals surface area contributed by atoms with E-state index in [4.69, 9.17) is 0 Å². The van der Waals surface area contributed by atoms with E-state index in [-0.39, 0.29) is 6.04 Å². The summed E-state index contributed by atoms with van der Waals surface area (Å²) >= 11 is 0. The van der Waals surface area contributed by atoms with Crippen LogP contribution in [-0.2, 0) is 0 Å². The molecule has 0 radical (unpaired) electrons. The molecule has 0 amide bonds. The first-order valence-electron chi connectivity index (χ1n) is 7.21. The number of allylic oxidation sites excluding steroid dienone is 2. The van der Waals surface area contributed by atoms with Crippen LogP contribution < -0.4 is 0 Å². The molecule has 0 N–H and O–H groups in total. The van der Waals surface area contributed by atoms with Crippen molar-refractivity contribution in [2.75, 3.05) is 0 Å². The van der Waals surface area contributed by atoms with Gasteiger partial charge in [0.15, 0.2) is 0 Å². The molecular formula is C18H16N4.